The Morgan fingerprint density at radius 2 is 1.70 bits per heavy atom. The fourth-order valence-corrected chi connectivity index (χ4v) is 1.44. The van der Waals surface area contributed by atoms with Crippen LogP contribution >= 0.6 is 0 Å². The number of rotatable bonds is 9. The number of hydrogen-bond donors (Lipinski definition) is 1. The lowest BCUT2D eigenvalue weighted by atomic mass is 10.1. The highest BCUT2D eigenvalue weighted by molar-refractivity contribution is 5.75. The maximum absolute atomic E-state index is 11.4. The van der Waals surface area contributed by atoms with E-state index >= 15 is 0 Å². The molecule has 1 amide bonds. The number of carbonyl (C=O) groups is 1. The molecule has 0 atom stereocenters. The van der Waals surface area contributed by atoms with Crippen molar-refractivity contribution >= 4 is 5.91 Å². The van der Waals surface area contributed by atoms with E-state index in [1.54, 1.807) is 0 Å². The molecule has 0 heterocycles. The maximum Gasteiger partial charge on any atom is 0.271 e. The van der Waals surface area contributed by atoms with Gasteiger partial charge in [-0.25, -0.2) is 5.06 Å². The van der Waals surface area contributed by atoms with E-state index in [1.165, 1.54) is 14.2 Å². The molecule has 0 fully saturated rings. The van der Waals surface area contributed by atoms with Gasteiger partial charge in [0.05, 0.1) is 33.5 Å². The van der Waals surface area contributed by atoms with Gasteiger partial charge in [-0.1, -0.05) is 24.3 Å². The van der Waals surface area contributed by atoms with Crippen molar-refractivity contribution in [2.75, 3.05) is 34.0 Å². The molecule has 6 heteroatoms. The van der Waals surface area contributed by atoms with Crippen LogP contribution in [0.4, 0.5) is 0 Å². The molecule has 0 aromatic heterocycles. The van der Waals surface area contributed by atoms with Crippen LogP contribution in [0.25, 0.3) is 0 Å². The number of aliphatic hydroxyl groups excluding tert-OH is 1. The first-order valence-corrected chi connectivity index (χ1v) is 6.32. The van der Waals surface area contributed by atoms with E-state index < -0.39 is 0 Å². The number of hydrogen-bond acceptors (Lipinski definition) is 5. The van der Waals surface area contributed by atoms with Crippen LogP contribution in [0.2, 0.25) is 0 Å². The Balaban J connectivity index is 2.29. The molecule has 112 valence electrons. The second kappa shape index (κ2) is 9.44. The van der Waals surface area contributed by atoms with Crippen molar-refractivity contribution in [1.29, 1.82) is 0 Å². The van der Waals surface area contributed by atoms with E-state index in [4.69, 9.17) is 19.4 Å². The molecule has 0 aliphatic rings. The average molecular weight is 283 g/mol. The van der Waals surface area contributed by atoms with E-state index in [9.17, 15) is 4.79 Å². The summed E-state index contributed by atoms with van der Waals surface area (Å²) in [6.45, 7) is 1.17. The van der Waals surface area contributed by atoms with Gasteiger partial charge in [0, 0.05) is 7.05 Å². The van der Waals surface area contributed by atoms with Gasteiger partial charge in [0.2, 0.25) is 0 Å². The smallest absolute Gasteiger partial charge is 0.271 e. The molecule has 0 unspecified atom stereocenters. The van der Waals surface area contributed by atoms with Crippen LogP contribution in [0.3, 0.4) is 0 Å². The average Bonchev–Trinajstić information content (AvgIpc) is 2.48. The first-order valence-electron chi connectivity index (χ1n) is 6.32. The van der Waals surface area contributed by atoms with Crippen molar-refractivity contribution in [2.45, 2.75) is 13.2 Å². The minimum Gasteiger partial charge on any atom is -0.394 e. The van der Waals surface area contributed by atoms with Crippen molar-refractivity contribution in [2.24, 2.45) is 0 Å². The van der Waals surface area contributed by atoms with Crippen molar-refractivity contribution in [1.82, 2.24) is 5.06 Å². The largest absolute Gasteiger partial charge is 0.394 e. The van der Waals surface area contributed by atoms with Gasteiger partial charge >= 0.3 is 0 Å². The third kappa shape index (κ3) is 6.12. The van der Waals surface area contributed by atoms with Crippen LogP contribution in [0.15, 0.2) is 24.3 Å². The van der Waals surface area contributed by atoms with Crippen molar-refractivity contribution in [3.63, 3.8) is 0 Å². The van der Waals surface area contributed by atoms with Crippen LogP contribution in [-0.2, 0) is 32.3 Å². The minimum absolute atomic E-state index is 0.0221. The van der Waals surface area contributed by atoms with Gasteiger partial charge in [0.1, 0.15) is 6.61 Å². The van der Waals surface area contributed by atoms with Crippen LogP contribution in [0.1, 0.15) is 11.1 Å². The number of nitrogens with zero attached hydrogens (tertiary/aromatic N) is 1. The lowest BCUT2D eigenvalue weighted by molar-refractivity contribution is -0.173. The molecule has 0 bridgehead atoms. The predicted molar refractivity (Wildman–Crippen MR) is 72.6 cm³/mol. The number of benzene rings is 1. The number of aliphatic hydroxyl groups is 1. The number of likely N-dealkylation sites (N-methyl/N-ethyl adjacent to an activating group) is 1. The Kier molecular flexibility index (Phi) is 7.82. The summed E-state index contributed by atoms with van der Waals surface area (Å²) >= 11 is 0. The van der Waals surface area contributed by atoms with Crippen LogP contribution in [0, 0.1) is 0 Å². The minimum atomic E-state index is -0.235. The second-order valence-electron chi connectivity index (χ2n) is 4.16. The van der Waals surface area contributed by atoms with Crippen molar-refractivity contribution < 1.29 is 24.2 Å². The summed E-state index contributed by atoms with van der Waals surface area (Å²) in [6.07, 6.45) is 0. The van der Waals surface area contributed by atoms with E-state index in [-0.39, 0.29) is 19.1 Å². The van der Waals surface area contributed by atoms with Gasteiger partial charge in [-0.05, 0) is 11.1 Å². The quantitative estimate of drug-likeness (QED) is 0.534. The number of ether oxygens (including phenoxy) is 2. The Bertz CT molecular complexity index is 393. The zero-order chi connectivity index (χ0) is 14.8. The molecule has 0 aliphatic heterocycles. The molecule has 0 saturated carbocycles. The Morgan fingerprint density at radius 1 is 1.15 bits per heavy atom. The summed E-state index contributed by atoms with van der Waals surface area (Å²) in [7, 11) is 2.96. The van der Waals surface area contributed by atoms with Crippen LogP contribution < -0.4 is 0 Å². The lowest BCUT2D eigenvalue weighted by Crippen LogP contribution is -2.29. The van der Waals surface area contributed by atoms with E-state index in [2.05, 4.69) is 0 Å². The number of amides is 1. The third-order valence-electron chi connectivity index (χ3n) is 2.65. The molecule has 0 spiro atoms. The van der Waals surface area contributed by atoms with Gasteiger partial charge in [0.25, 0.3) is 5.91 Å². The normalized spacial score (nSPS) is 10.6. The molecule has 20 heavy (non-hydrogen) atoms. The zero-order valence-corrected chi connectivity index (χ0v) is 11.9. The fourth-order valence-electron chi connectivity index (χ4n) is 1.44. The first kappa shape index (κ1) is 16.6. The highest BCUT2D eigenvalue weighted by Gasteiger charge is 2.07. The van der Waals surface area contributed by atoms with Crippen LogP contribution in [0.5, 0.6) is 0 Å². The SMILES string of the molecule is CON(C)C(=O)COCc1ccc(COCCO)cc1. The van der Waals surface area contributed by atoms with Gasteiger partial charge in [-0.15, -0.1) is 0 Å². The fraction of sp³-hybridized carbons (Fsp3) is 0.500. The topological polar surface area (TPSA) is 68.2 Å². The number of carbonyl (C=O) groups excluding carboxylic acids is 1. The molecular weight excluding hydrogens is 262 g/mol. The summed E-state index contributed by atoms with van der Waals surface area (Å²) in [5.74, 6) is -0.235. The monoisotopic (exact) mass is 283 g/mol. The molecule has 0 radical (unpaired) electrons. The van der Waals surface area contributed by atoms with E-state index in [0.29, 0.717) is 19.8 Å². The lowest BCUT2D eigenvalue weighted by Gasteiger charge is -2.13. The van der Waals surface area contributed by atoms with Gasteiger partial charge < -0.3 is 14.6 Å². The summed E-state index contributed by atoms with van der Waals surface area (Å²) in [5, 5.41) is 9.73. The maximum atomic E-state index is 11.4. The molecule has 6 nitrogen and oxygen atoms in total. The Morgan fingerprint density at radius 3 is 2.20 bits per heavy atom. The van der Waals surface area contributed by atoms with Crippen molar-refractivity contribution in [3.8, 4) is 0 Å². The molecule has 1 rings (SSSR count). The summed E-state index contributed by atoms with van der Waals surface area (Å²) in [6, 6.07) is 7.70. The summed E-state index contributed by atoms with van der Waals surface area (Å²) < 4.78 is 10.5. The Labute approximate surface area is 118 Å². The first-order chi connectivity index (χ1) is 9.67. The second-order valence-corrected chi connectivity index (χ2v) is 4.16. The highest BCUT2D eigenvalue weighted by atomic mass is 16.7. The van der Waals surface area contributed by atoms with Gasteiger partial charge in [0.15, 0.2) is 0 Å². The molecule has 0 aliphatic carbocycles. The molecule has 1 N–H and O–H groups in total. The Hall–Kier alpha value is -1.47. The van der Waals surface area contributed by atoms with Crippen molar-refractivity contribution in [3.05, 3.63) is 35.4 Å². The summed E-state index contributed by atoms with van der Waals surface area (Å²) in [4.78, 5) is 16.2. The van der Waals surface area contributed by atoms with Gasteiger partial charge in [-0.3, -0.25) is 9.63 Å². The molecular formula is C14H21NO5. The van der Waals surface area contributed by atoms with Crippen LogP contribution in [-0.4, -0.2) is 50.1 Å². The molecule has 1 aromatic rings. The molecule has 0 saturated heterocycles. The standard InChI is InChI=1S/C14H21NO5/c1-15(18-2)14(17)11-20-10-13-5-3-12(4-6-13)9-19-8-7-16/h3-6,16H,7-11H2,1-2H3. The third-order valence-corrected chi connectivity index (χ3v) is 2.65. The summed E-state index contributed by atoms with van der Waals surface area (Å²) in [5.41, 5.74) is 2.00. The molecule has 1 aromatic carbocycles. The predicted octanol–water partition coefficient (Wildman–Crippen LogP) is 0.732. The highest BCUT2D eigenvalue weighted by Crippen LogP contribution is 2.07. The van der Waals surface area contributed by atoms with E-state index in [0.717, 1.165) is 16.2 Å². The van der Waals surface area contributed by atoms with Gasteiger partial charge in [-0.2, -0.15) is 0 Å². The van der Waals surface area contributed by atoms with E-state index in [1.807, 2.05) is 24.3 Å². The zero-order valence-electron chi connectivity index (χ0n) is 11.9. The number of hydroxylamine groups is 2.